The largest absolute Gasteiger partial charge is 0.496 e. The first-order valence-corrected chi connectivity index (χ1v) is 9.97. The van der Waals surface area contributed by atoms with Gasteiger partial charge in [0.2, 0.25) is 5.91 Å². The summed E-state index contributed by atoms with van der Waals surface area (Å²) in [5.41, 5.74) is 1.06. The first-order chi connectivity index (χ1) is 15.1. The van der Waals surface area contributed by atoms with Crippen molar-refractivity contribution < 1.29 is 28.6 Å². The molecule has 32 heavy (non-hydrogen) atoms. The van der Waals surface area contributed by atoms with Crippen LogP contribution < -0.4 is 25.4 Å². The number of benzene rings is 2. The van der Waals surface area contributed by atoms with Gasteiger partial charge < -0.3 is 30.2 Å². The van der Waals surface area contributed by atoms with E-state index in [0.717, 1.165) is 5.56 Å². The highest BCUT2D eigenvalue weighted by atomic mass is 16.6. The van der Waals surface area contributed by atoms with Crippen molar-refractivity contribution in [3.05, 3.63) is 53.6 Å². The topological polar surface area (TPSA) is 115 Å². The Balaban J connectivity index is 1.88. The Morgan fingerprint density at radius 1 is 0.875 bits per heavy atom. The average Bonchev–Trinajstić information content (AvgIpc) is 2.75. The average molecular weight is 444 g/mol. The van der Waals surface area contributed by atoms with E-state index < -0.39 is 11.7 Å². The fourth-order valence-electron chi connectivity index (χ4n) is 2.70. The number of hydrogen-bond donors (Lipinski definition) is 3. The van der Waals surface area contributed by atoms with Crippen LogP contribution in [0.25, 0.3) is 0 Å². The van der Waals surface area contributed by atoms with Crippen molar-refractivity contribution in [1.29, 1.82) is 0 Å². The number of alkyl carbamates (subject to hydrolysis) is 1. The molecule has 2 rings (SSSR count). The normalized spacial score (nSPS) is 10.7. The van der Waals surface area contributed by atoms with Crippen LogP contribution in [0.2, 0.25) is 0 Å². The molecule has 0 radical (unpaired) electrons. The van der Waals surface area contributed by atoms with Crippen molar-refractivity contribution in [2.24, 2.45) is 0 Å². The van der Waals surface area contributed by atoms with Gasteiger partial charge in [-0.3, -0.25) is 9.59 Å². The number of rotatable bonds is 8. The predicted molar refractivity (Wildman–Crippen MR) is 120 cm³/mol. The molecule has 2 aromatic carbocycles. The van der Waals surface area contributed by atoms with E-state index in [1.165, 1.54) is 14.2 Å². The summed E-state index contributed by atoms with van der Waals surface area (Å²) < 4.78 is 15.6. The van der Waals surface area contributed by atoms with Crippen molar-refractivity contribution in [2.45, 2.75) is 32.9 Å². The van der Waals surface area contributed by atoms with Crippen LogP contribution in [0, 0.1) is 0 Å². The molecule has 3 amide bonds. The van der Waals surface area contributed by atoms with E-state index in [1.807, 2.05) is 0 Å². The number of carbonyl (C=O) groups is 3. The summed E-state index contributed by atoms with van der Waals surface area (Å²) in [5, 5.41) is 7.91. The Hall–Kier alpha value is -3.75. The monoisotopic (exact) mass is 443 g/mol. The third-order valence-corrected chi connectivity index (χ3v) is 4.15. The molecule has 0 bridgehead atoms. The van der Waals surface area contributed by atoms with Crippen LogP contribution in [0.4, 0.5) is 10.5 Å². The van der Waals surface area contributed by atoms with E-state index in [-0.39, 0.29) is 24.9 Å². The minimum absolute atomic E-state index is 0.191. The maximum Gasteiger partial charge on any atom is 0.408 e. The zero-order valence-electron chi connectivity index (χ0n) is 18.9. The first kappa shape index (κ1) is 24.5. The third-order valence-electron chi connectivity index (χ3n) is 4.15. The van der Waals surface area contributed by atoms with Crippen LogP contribution >= 0.6 is 0 Å². The van der Waals surface area contributed by atoms with Gasteiger partial charge in [-0.2, -0.15) is 0 Å². The van der Waals surface area contributed by atoms with Crippen LogP contribution in [0.15, 0.2) is 42.5 Å². The van der Waals surface area contributed by atoms with Crippen molar-refractivity contribution in [3.63, 3.8) is 0 Å². The molecule has 0 atom stereocenters. The second kappa shape index (κ2) is 11.0. The number of ether oxygens (including phenoxy) is 3. The summed E-state index contributed by atoms with van der Waals surface area (Å²) in [4.78, 5) is 36.2. The molecule has 0 spiro atoms. The van der Waals surface area contributed by atoms with E-state index in [4.69, 9.17) is 14.2 Å². The first-order valence-electron chi connectivity index (χ1n) is 9.97. The molecule has 0 fully saturated rings. The zero-order chi connectivity index (χ0) is 23.7. The Morgan fingerprint density at radius 3 is 2.00 bits per heavy atom. The van der Waals surface area contributed by atoms with E-state index in [0.29, 0.717) is 22.7 Å². The SMILES string of the molecule is COc1cccc(OC)c1C(=O)Nc1ccc(CNC(=O)CNC(=O)OC(C)(C)C)cc1. The number of amides is 3. The summed E-state index contributed by atoms with van der Waals surface area (Å²) >= 11 is 0. The van der Waals surface area contributed by atoms with Gasteiger partial charge in [0.15, 0.2) is 0 Å². The Bertz CT molecular complexity index is 929. The van der Waals surface area contributed by atoms with Gasteiger partial charge in [-0.1, -0.05) is 18.2 Å². The molecule has 172 valence electrons. The number of carbonyl (C=O) groups excluding carboxylic acids is 3. The summed E-state index contributed by atoms with van der Waals surface area (Å²) in [6, 6.07) is 12.1. The number of methoxy groups -OCH3 is 2. The van der Waals surface area contributed by atoms with Gasteiger partial charge in [0.05, 0.1) is 14.2 Å². The summed E-state index contributed by atoms with van der Waals surface area (Å²) in [6.07, 6.45) is -0.653. The molecule has 0 aromatic heterocycles. The summed E-state index contributed by atoms with van der Waals surface area (Å²) in [7, 11) is 2.97. The molecular weight excluding hydrogens is 414 g/mol. The minimum Gasteiger partial charge on any atom is -0.496 e. The second-order valence-electron chi connectivity index (χ2n) is 7.82. The lowest BCUT2D eigenvalue weighted by Gasteiger charge is -2.19. The van der Waals surface area contributed by atoms with Crippen molar-refractivity contribution in [1.82, 2.24) is 10.6 Å². The lowest BCUT2D eigenvalue weighted by atomic mass is 10.1. The molecule has 9 heteroatoms. The van der Waals surface area contributed by atoms with Crippen LogP contribution in [0.1, 0.15) is 36.7 Å². The van der Waals surface area contributed by atoms with Crippen LogP contribution in [-0.4, -0.2) is 44.3 Å². The van der Waals surface area contributed by atoms with Gasteiger partial charge in [-0.15, -0.1) is 0 Å². The van der Waals surface area contributed by atoms with Crippen molar-refractivity contribution >= 4 is 23.6 Å². The molecular formula is C23H29N3O6. The molecule has 0 aliphatic rings. The highest BCUT2D eigenvalue weighted by Crippen LogP contribution is 2.29. The molecule has 0 saturated carbocycles. The van der Waals surface area contributed by atoms with Crippen LogP contribution in [0.5, 0.6) is 11.5 Å². The van der Waals surface area contributed by atoms with E-state index in [1.54, 1.807) is 63.2 Å². The zero-order valence-corrected chi connectivity index (χ0v) is 18.9. The van der Waals surface area contributed by atoms with Crippen LogP contribution in [-0.2, 0) is 16.1 Å². The van der Waals surface area contributed by atoms with Crippen LogP contribution in [0.3, 0.4) is 0 Å². The molecule has 0 saturated heterocycles. The van der Waals surface area contributed by atoms with Crippen molar-refractivity contribution in [3.8, 4) is 11.5 Å². The summed E-state index contributed by atoms with van der Waals surface area (Å²) in [5.74, 6) is 0.0902. The smallest absolute Gasteiger partial charge is 0.408 e. The highest BCUT2D eigenvalue weighted by molar-refractivity contribution is 6.08. The lowest BCUT2D eigenvalue weighted by Crippen LogP contribution is -2.39. The van der Waals surface area contributed by atoms with Crippen molar-refractivity contribution in [2.75, 3.05) is 26.1 Å². The van der Waals surface area contributed by atoms with Gasteiger partial charge in [-0.25, -0.2) is 4.79 Å². The fraction of sp³-hybridized carbons (Fsp3) is 0.348. The Labute approximate surface area is 187 Å². The van der Waals surface area contributed by atoms with Gasteiger partial charge in [0.25, 0.3) is 5.91 Å². The number of nitrogens with one attached hydrogen (secondary N) is 3. The minimum atomic E-state index is -0.653. The van der Waals surface area contributed by atoms with E-state index in [2.05, 4.69) is 16.0 Å². The maximum absolute atomic E-state index is 12.7. The standard InChI is InChI=1S/C23H29N3O6/c1-23(2,3)32-22(29)25-14-19(27)24-13-15-9-11-16(12-10-15)26-21(28)20-17(30-4)7-6-8-18(20)31-5/h6-12H,13-14H2,1-5H3,(H,24,27)(H,25,29)(H,26,28). The number of anilines is 1. The lowest BCUT2D eigenvalue weighted by molar-refractivity contribution is -0.120. The molecule has 0 unspecified atom stereocenters. The third kappa shape index (κ3) is 7.50. The van der Waals surface area contributed by atoms with E-state index in [9.17, 15) is 14.4 Å². The van der Waals surface area contributed by atoms with Gasteiger partial charge >= 0.3 is 6.09 Å². The van der Waals surface area contributed by atoms with Gasteiger partial charge in [-0.05, 0) is 50.6 Å². The van der Waals surface area contributed by atoms with E-state index >= 15 is 0 Å². The Kier molecular flexibility index (Phi) is 8.46. The molecule has 9 nitrogen and oxygen atoms in total. The quantitative estimate of drug-likeness (QED) is 0.578. The fourth-order valence-corrected chi connectivity index (χ4v) is 2.70. The molecule has 0 aliphatic carbocycles. The van der Waals surface area contributed by atoms with Gasteiger partial charge in [0, 0.05) is 12.2 Å². The second-order valence-corrected chi connectivity index (χ2v) is 7.82. The molecule has 2 aromatic rings. The Morgan fingerprint density at radius 2 is 1.47 bits per heavy atom. The molecule has 0 heterocycles. The predicted octanol–water partition coefficient (Wildman–Crippen LogP) is 3.10. The molecule has 3 N–H and O–H groups in total. The van der Waals surface area contributed by atoms with Gasteiger partial charge in [0.1, 0.15) is 29.2 Å². The highest BCUT2D eigenvalue weighted by Gasteiger charge is 2.18. The maximum atomic E-state index is 12.7. The molecule has 0 aliphatic heterocycles. The summed E-state index contributed by atoms with van der Waals surface area (Å²) in [6.45, 7) is 5.30. The number of hydrogen-bond acceptors (Lipinski definition) is 6.